The first-order chi connectivity index (χ1) is 19.5. The molecule has 0 aliphatic carbocycles. The van der Waals surface area contributed by atoms with E-state index in [1.165, 1.54) is 12.1 Å². The number of H-pyrrole nitrogens is 1. The van der Waals surface area contributed by atoms with E-state index in [2.05, 4.69) is 55.2 Å². The zero-order valence-electron chi connectivity index (χ0n) is 22.2. The number of tetrazole rings is 1. The molecule has 0 aliphatic heterocycles. The summed E-state index contributed by atoms with van der Waals surface area (Å²) in [7, 11) is 0. The molecule has 0 spiro atoms. The van der Waals surface area contributed by atoms with Gasteiger partial charge < -0.3 is 15.5 Å². The van der Waals surface area contributed by atoms with Crippen LogP contribution in [0, 0.1) is 12.7 Å². The number of halogens is 1. The van der Waals surface area contributed by atoms with Crippen molar-refractivity contribution in [2.45, 2.75) is 26.8 Å². The zero-order valence-corrected chi connectivity index (χ0v) is 22.2. The molecule has 0 unspecified atom stereocenters. The van der Waals surface area contributed by atoms with Gasteiger partial charge in [-0.2, -0.15) is 5.21 Å². The fraction of sp³-hybridized carbons (Fsp3) is 0.167. The third-order valence-corrected chi connectivity index (χ3v) is 6.26. The number of nitrogens with one attached hydrogen (secondary N) is 3. The van der Waals surface area contributed by atoms with Gasteiger partial charge in [-0.3, -0.25) is 0 Å². The first kappa shape index (κ1) is 26.5. The Labute approximate surface area is 231 Å². The van der Waals surface area contributed by atoms with E-state index in [0.29, 0.717) is 29.6 Å². The summed E-state index contributed by atoms with van der Waals surface area (Å²) in [5, 5.41) is 20.0. The first-order valence-electron chi connectivity index (χ1n) is 13.0. The van der Waals surface area contributed by atoms with Gasteiger partial charge in [0.05, 0.1) is 11.4 Å². The maximum absolute atomic E-state index is 14.2. The molecule has 0 atom stereocenters. The smallest absolute Gasteiger partial charge is 0.323 e. The van der Waals surface area contributed by atoms with Gasteiger partial charge in [-0.15, -0.1) is 10.2 Å². The predicted octanol–water partition coefficient (Wildman–Crippen LogP) is 6.44. The van der Waals surface area contributed by atoms with Crippen LogP contribution in [0.3, 0.4) is 0 Å². The molecule has 2 heterocycles. The number of aryl methyl sites for hydroxylation is 1. The van der Waals surface area contributed by atoms with Crippen LogP contribution in [-0.4, -0.2) is 38.2 Å². The average Bonchev–Trinajstić information content (AvgIpc) is 3.49. The van der Waals surface area contributed by atoms with Crippen LogP contribution in [0.25, 0.3) is 22.6 Å². The number of amides is 2. The molecule has 5 aromatic rings. The molecule has 2 amide bonds. The Hall–Kier alpha value is -5.12. The predicted molar refractivity (Wildman–Crippen MR) is 154 cm³/mol. The number of anilines is 3. The molecule has 0 saturated heterocycles. The summed E-state index contributed by atoms with van der Waals surface area (Å²) in [6.07, 6.45) is 0.897. The van der Waals surface area contributed by atoms with Gasteiger partial charge in [0, 0.05) is 36.0 Å². The Bertz CT molecular complexity index is 1590. The maximum Gasteiger partial charge on any atom is 0.323 e. The zero-order chi connectivity index (χ0) is 27.9. The molecular formula is C30H29FN8O. The lowest BCUT2D eigenvalue weighted by Crippen LogP contribution is -2.25. The van der Waals surface area contributed by atoms with E-state index in [4.69, 9.17) is 4.98 Å². The number of pyridine rings is 1. The topological polar surface area (TPSA) is 112 Å². The van der Waals surface area contributed by atoms with Gasteiger partial charge in [0.15, 0.2) is 0 Å². The Morgan fingerprint density at radius 2 is 1.75 bits per heavy atom. The highest BCUT2D eigenvalue weighted by Crippen LogP contribution is 2.33. The number of para-hydroxylation sites is 1. The maximum atomic E-state index is 14.2. The molecule has 3 N–H and O–H groups in total. The number of rotatable bonds is 9. The molecule has 40 heavy (non-hydrogen) atoms. The molecule has 2 aromatic heterocycles. The second kappa shape index (κ2) is 12.2. The van der Waals surface area contributed by atoms with Gasteiger partial charge in [-0.25, -0.2) is 14.2 Å². The molecular weight excluding hydrogens is 507 g/mol. The Kier molecular flexibility index (Phi) is 8.05. The average molecular weight is 537 g/mol. The summed E-state index contributed by atoms with van der Waals surface area (Å²) in [6.45, 7) is 5.49. The minimum absolute atomic E-state index is 0.0873. The standard InChI is InChI=1S/C30H29FN8O/c1-3-15-39(19-21-9-5-4-6-10-21)28-18-22(32-30(40)34-26-12-8-7-11-25(26)31)17-27(33-28)24-16-20(2)13-14-23(24)29-35-37-38-36-29/h4-14,16-18H,3,15,19H2,1-2H3,(H2,32,33,34,40)(H,35,36,37,38). The first-order valence-corrected chi connectivity index (χ1v) is 13.0. The largest absolute Gasteiger partial charge is 0.352 e. The number of carbonyl (C=O) groups excluding carboxylic acids is 1. The van der Waals surface area contributed by atoms with Crippen LogP contribution < -0.4 is 15.5 Å². The molecule has 0 fully saturated rings. The minimum Gasteiger partial charge on any atom is -0.352 e. The van der Waals surface area contributed by atoms with E-state index in [1.54, 1.807) is 18.2 Å². The van der Waals surface area contributed by atoms with Gasteiger partial charge in [0.2, 0.25) is 5.82 Å². The molecule has 10 heteroatoms. The number of nitrogens with zero attached hydrogens (tertiary/aromatic N) is 5. The number of hydrogen-bond donors (Lipinski definition) is 3. The van der Waals surface area contributed by atoms with Gasteiger partial charge in [0.25, 0.3) is 0 Å². The van der Waals surface area contributed by atoms with Gasteiger partial charge in [0.1, 0.15) is 11.6 Å². The Balaban J connectivity index is 1.57. The monoisotopic (exact) mass is 536 g/mol. The summed E-state index contributed by atoms with van der Waals surface area (Å²) in [5.74, 6) is 0.601. The number of urea groups is 1. The van der Waals surface area contributed by atoms with Crippen molar-refractivity contribution in [2.24, 2.45) is 0 Å². The summed E-state index contributed by atoms with van der Waals surface area (Å²) in [6, 6.07) is 25.1. The molecule has 9 nitrogen and oxygen atoms in total. The lowest BCUT2D eigenvalue weighted by atomic mass is 10.00. The van der Waals surface area contributed by atoms with Crippen LogP contribution >= 0.6 is 0 Å². The van der Waals surface area contributed by atoms with Crippen LogP contribution in [0.2, 0.25) is 0 Å². The number of aromatic amines is 1. The van der Waals surface area contributed by atoms with E-state index < -0.39 is 11.8 Å². The number of carbonyl (C=O) groups is 1. The molecule has 0 saturated carbocycles. The second-order valence-corrected chi connectivity index (χ2v) is 9.35. The molecule has 0 aliphatic rings. The van der Waals surface area contributed by atoms with Crippen molar-refractivity contribution in [1.82, 2.24) is 25.6 Å². The van der Waals surface area contributed by atoms with E-state index in [0.717, 1.165) is 35.2 Å². The quantitative estimate of drug-likeness (QED) is 0.200. The molecule has 0 bridgehead atoms. The third-order valence-electron chi connectivity index (χ3n) is 6.26. The van der Waals surface area contributed by atoms with Crippen LogP contribution in [0.15, 0.2) is 84.9 Å². The molecule has 0 radical (unpaired) electrons. The van der Waals surface area contributed by atoms with Crippen molar-refractivity contribution in [3.05, 3.63) is 102 Å². The van der Waals surface area contributed by atoms with E-state index in [9.17, 15) is 9.18 Å². The molecule has 3 aromatic carbocycles. The second-order valence-electron chi connectivity index (χ2n) is 9.35. The van der Waals surface area contributed by atoms with Crippen molar-refractivity contribution >= 4 is 23.2 Å². The van der Waals surface area contributed by atoms with Gasteiger partial charge in [-0.05, 0) is 48.4 Å². The highest BCUT2D eigenvalue weighted by Gasteiger charge is 2.18. The fourth-order valence-corrected chi connectivity index (χ4v) is 4.42. The Morgan fingerprint density at radius 3 is 2.50 bits per heavy atom. The van der Waals surface area contributed by atoms with Crippen molar-refractivity contribution in [2.75, 3.05) is 22.1 Å². The van der Waals surface area contributed by atoms with E-state index in [1.807, 2.05) is 49.4 Å². The lowest BCUT2D eigenvalue weighted by molar-refractivity contribution is 0.262. The third kappa shape index (κ3) is 6.29. The normalized spacial score (nSPS) is 10.8. The van der Waals surface area contributed by atoms with E-state index in [-0.39, 0.29) is 5.69 Å². The van der Waals surface area contributed by atoms with Gasteiger partial charge >= 0.3 is 6.03 Å². The lowest BCUT2D eigenvalue weighted by Gasteiger charge is -2.25. The van der Waals surface area contributed by atoms with Crippen LogP contribution in [0.4, 0.5) is 26.4 Å². The highest BCUT2D eigenvalue weighted by atomic mass is 19.1. The summed E-state index contributed by atoms with van der Waals surface area (Å²) in [4.78, 5) is 20.1. The minimum atomic E-state index is -0.569. The summed E-state index contributed by atoms with van der Waals surface area (Å²) >= 11 is 0. The van der Waals surface area contributed by atoms with Crippen molar-refractivity contribution in [3.8, 4) is 22.6 Å². The summed E-state index contributed by atoms with van der Waals surface area (Å²) < 4.78 is 14.2. The van der Waals surface area contributed by atoms with Crippen LogP contribution in [0.1, 0.15) is 24.5 Å². The summed E-state index contributed by atoms with van der Waals surface area (Å²) in [5.41, 5.74) is 4.91. The molecule has 5 rings (SSSR count). The van der Waals surface area contributed by atoms with Crippen molar-refractivity contribution in [3.63, 3.8) is 0 Å². The van der Waals surface area contributed by atoms with Gasteiger partial charge in [-0.1, -0.05) is 67.1 Å². The fourth-order valence-electron chi connectivity index (χ4n) is 4.42. The number of benzene rings is 3. The van der Waals surface area contributed by atoms with Crippen molar-refractivity contribution < 1.29 is 9.18 Å². The molecule has 202 valence electrons. The van der Waals surface area contributed by atoms with Crippen molar-refractivity contribution in [1.29, 1.82) is 0 Å². The van der Waals surface area contributed by atoms with Crippen LogP contribution in [-0.2, 0) is 6.54 Å². The number of aromatic nitrogens is 5. The Morgan fingerprint density at radius 1 is 0.950 bits per heavy atom. The van der Waals surface area contributed by atoms with Crippen LogP contribution in [0.5, 0.6) is 0 Å². The highest BCUT2D eigenvalue weighted by molar-refractivity contribution is 6.00. The van der Waals surface area contributed by atoms with E-state index >= 15 is 0 Å². The number of hydrogen-bond acceptors (Lipinski definition) is 6. The SMILES string of the molecule is CCCN(Cc1ccccc1)c1cc(NC(=O)Nc2ccccc2F)cc(-c2cc(C)ccc2-c2nn[nH]n2)n1.